The Morgan fingerprint density at radius 3 is 2.32 bits per heavy atom. The van der Waals surface area contributed by atoms with Crippen LogP contribution < -0.4 is 4.90 Å². The summed E-state index contributed by atoms with van der Waals surface area (Å²) in [4.78, 5) is 17.0. The van der Waals surface area contributed by atoms with E-state index in [-0.39, 0.29) is 36.0 Å². The highest BCUT2D eigenvalue weighted by Gasteiger charge is 2.33. The number of sulfone groups is 1. The van der Waals surface area contributed by atoms with E-state index in [1.54, 1.807) is 0 Å². The molecule has 0 radical (unpaired) electrons. The number of rotatable bonds is 5. The van der Waals surface area contributed by atoms with E-state index in [4.69, 9.17) is 0 Å². The van der Waals surface area contributed by atoms with Crippen molar-refractivity contribution in [3.05, 3.63) is 30.3 Å². The van der Waals surface area contributed by atoms with Crippen molar-refractivity contribution in [1.29, 1.82) is 0 Å². The molecule has 25 heavy (non-hydrogen) atoms. The number of benzene rings is 1. The highest BCUT2D eigenvalue weighted by atomic mass is 32.2. The summed E-state index contributed by atoms with van der Waals surface area (Å²) < 4.78 is 23.4. The maximum Gasteiger partial charge on any atom is 0.241 e. The van der Waals surface area contributed by atoms with Crippen molar-refractivity contribution in [2.75, 3.05) is 30.0 Å². The van der Waals surface area contributed by atoms with Crippen LogP contribution in [0.1, 0.15) is 38.5 Å². The van der Waals surface area contributed by atoms with Crippen molar-refractivity contribution >= 4 is 21.4 Å². The van der Waals surface area contributed by atoms with E-state index in [1.165, 1.54) is 6.42 Å². The van der Waals surface area contributed by atoms with Crippen LogP contribution in [0.25, 0.3) is 0 Å². The predicted molar refractivity (Wildman–Crippen MR) is 100 cm³/mol. The minimum atomic E-state index is -2.94. The Hall–Kier alpha value is -1.40. The van der Waals surface area contributed by atoms with E-state index in [2.05, 4.69) is 0 Å². The molecule has 1 atom stereocenters. The third-order valence-electron chi connectivity index (χ3n) is 5.46. The first kappa shape index (κ1) is 18.4. The molecule has 1 saturated carbocycles. The summed E-state index contributed by atoms with van der Waals surface area (Å²) in [6.45, 7) is 0.269. The molecule has 2 aliphatic rings. The van der Waals surface area contributed by atoms with Crippen molar-refractivity contribution in [2.45, 2.75) is 50.6 Å². The van der Waals surface area contributed by atoms with Gasteiger partial charge in [-0.25, -0.2) is 8.42 Å². The number of likely N-dealkylation sites (N-methyl/N-ethyl adjacent to an activating group) is 1. The lowest BCUT2D eigenvalue weighted by Gasteiger charge is -2.36. The van der Waals surface area contributed by atoms with Crippen LogP contribution in [-0.4, -0.2) is 56.4 Å². The molecule has 0 aromatic heterocycles. The van der Waals surface area contributed by atoms with Gasteiger partial charge in [-0.15, -0.1) is 0 Å². The van der Waals surface area contributed by atoms with Crippen molar-refractivity contribution < 1.29 is 13.2 Å². The molecule has 1 amide bonds. The normalized spacial score (nSPS) is 23.7. The van der Waals surface area contributed by atoms with Crippen molar-refractivity contribution in [2.24, 2.45) is 0 Å². The Balaban J connectivity index is 1.72. The fraction of sp³-hybridized carbons (Fsp3) is 0.632. The van der Waals surface area contributed by atoms with Gasteiger partial charge in [-0.05, 0) is 38.4 Å². The molecule has 0 unspecified atom stereocenters. The van der Waals surface area contributed by atoms with Gasteiger partial charge in [0.2, 0.25) is 5.91 Å². The van der Waals surface area contributed by atoms with Crippen LogP contribution in [-0.2, 0) is 14.6 Å². The predicted octanol–water partition coefficient (Wildman–Crippen LogP) is 2.47. The number of carbonyl (C=O) groups excluding carboxylic acids is 1. The van der Waals surface area contributed by atoms with Gasteiger partial charge in [0.15, 0.2) is 9.84 Å². The van der Waals surface area contributed by atoms with E-state index >= 15 is 0 Å². The monoisotopic (exact) mass is 364 g/mol. The fourth-order valence-corrected chi connectivity index (χ4v) is 5.83. The molecule has 1 aliphatic carbocycles. The van der Waals surface area contributed by atoms with Gasteiger partial charge in [-0.3, -0.25) is 9.69 Å². The van der Waals surface area contributed by atoms with Gasteiger partial charge in [0.05, 0.1) is 18.1 Å². The number of carbonyl (C=O) groups is 1. The van der Waals surface area contributed by atoms with E-state index in [0.29, 0.717) is 6.42 Å². The summed E-state index contributed by atoms with van der Waals surface area (Å²) in [7, 11) is -1.07. The summed E-state index contributed by atoms with van der Waals surface area (Å²) in [6.07, 6.45) is 6.29. The molecule has 1 saturated heterocycles. The maximum absolute atomic E-state index is 13.1. The molecule has 0 bridgehead atoms. The van der Waals surface area contributed by atoms with Crippen LogP contribution in [0.15, 0.2) is 30.3 Å². The molecule has 0 N–H and O–H groups in total. The summed E-state index contributed by atoms with van der Waals surface area (Å²) in [5, 5.41) is 0. The van der Waals surface area contributed by atoms with Gasteiger partial charge in [-0.1, -0.05) is 37.5 Å². The van der Waals surface area contributed by atoms with Gasteiger partial charge < -0.3 is 4.90 Å². The summed E-state index contributed by atoms with van der Waals surface area (Å²) >= 11 is 0. The first-order valence-corrected chi connectivity index (χ1v) is 11.1. The summed E-state index contributed by atoms with van der Waals surface area (Å²) in [5.41, 5.74) is 0.951. The van der Waals surface area contributed by atoms with Gasteiger partial charge in [-0.2, -0.15) is 0 Å². The molecule has 1 aromatic rings. The molecule has 138 valence electrons. The molecule has 1 aromatic carbocycles. The van der Waals surface area contributed by atoms with Gasteiger partial charge in [0.25, 0.3) is 0 Å². The molecular formula is C19H28N2O3S. The quantitative estimate of drug-likeness (QED) is 0.805. The SMILES string of the molecule is CN(CC(=O)N(c1ccccc1)C1CCCCC1)[C@@H]1CCS(=O)(=O)C1. The van der Waals surface area contributed by atoms with Crippen molar-refractivity contribution in [3.8, 4) is 0 Å². The molecule has 0 spiro atoms. The Labute approximate surface area is 150 Å². The second kappa shape index (κ2) is 7.87. The highest BCUT2D eigenvalue weighted by Crippen LogP contribution is 2.28. The van der Waals surface area contributed by atoms with E-state index in [9.17, 15) is 13.2 Å². The third kappa shape index (κ3) is 4.61. The van der Waals surface area contributed by atoms with Crippen LogP contribution in [0.2, 0.25) is 0 Å². The fourth-order valence-electron chi connectivity index (χ4n) is 4.03. The lowest BCUT2D eigenvalue weighted by molar-refractivity contribution is -0.120. The lowest BCUT2D eigenvalue weighted by atomic mass is 9.93. The molecule has 1 aliphatic heterocycles. The zero-order valence-electron chi connectivity index (χ0n) is 14.9. The second-order valence-corrected chi connectivity index (χ2v) is 9.59. The number of amides is 1. The lowest BCUT2D eigenvalue weighted by Crippen LogP contribution is -2.48. The van der Waals surface area contributed by atoms with Gasteiger partial charge >= 0.3 is 0 Å². The largest absolute Gasteiger partial charge is 0.308 e. The Morgan fingerprint density at radius 2 is 1.72 bits per heavy atom. The first-order valence-electron chi connectivity index (χ1n) is 9.24. The average Bonchev–Trinajstić information content (AvgIpc) is 2.97. The number of nitrogens with zero attached hydrogens (tertiary/aromatic N) is 2. The van der Waals surface area contributed by atoms with Gasteiger partial charge in [0, 0.05) is 17.8 Å². The third-order valence-corrected chi connectivity index (χ3v) is 7.21. The molecule has 2 fully saturated rings. The van der Waals surface area contributed by atoms with Crippen LogP contribution in [0.3, 0.4) is 0 Å². The van der Waals surface area contributed by atoms with Crippen LogP contribution in [0.4, 0.5) is 5.69 Å². The van der Waals surface area contributed by atoms with E-state index < -0.39 is 9.84 Å². The maximum atomic E-state index is 13.1. The van der Waals surface area contributed by atoms with Crippen LogP contribution in [0, 0.1) is 0 Å². The number of hydrogen-bond donors (Lipinski definition) is 0. The minimum Gasteiger partial charge on any atom is -0.308 e. The molecule has 6 heteroatoms. The van der Waals surface area contributed by atoms with E-state index in [1.807, 2.05) is 47.2 Å². The summed E-state index contributed by atoms with van der Waals surface area (Å²) in [6, 6.07) is 10.1. The highest BCUT2D eigenvalue weighted by molar-refractivity contribution is 7.91. The molecule has 3 rings (SSSR count). The first-order chi connectivity index (χ1) is 12.0. The Morgan fingerprint density at radius 1 is 1.04 bits per heavy atom. The Kier molecular flexibility index (Phi) is 5.79. The smallest absolute Gasteiger partial charge is 0.241 e. The topological polar surface area (TPSA) is 57.7 Å². The zero-order chi connectivity index (χ0) is 17.9. The second-order valence-electron chi connectivity index (χ2n) is 7.36. The van der Waals surface area contributed by atoms with Crippen molar-refractivity contribution in [3.63, 3.8) is 0 Å². The molecular weight excluding hydrogens is 336 g/mol. The standard InChI is InChI=1S/C19H28N2O3S/c1-20(18-12-13-25(23,24)15-18)14-19(22)21(16-8-4-2-5-9-16)17-10-6-3-7-11-17/h2,4-5,8-9,17-18H,3,6-7,10-15H2,1H3/t18-/m1/s1. The minimum absolute atomic E-state index is 0.0436. The number of anilines is 1. The van der Waals surface area contributed by atoms with Crippen LogP contribution >= 0.6 is 0 Å². The number of para-hydroxylation sites is 1. The Bertz CT molecular complexity index is 684. The average molecular weight is 365 g/mol. The van der Waals surface area contributed by atoms with Gasteiger partial charge in [0.1, 0.15) is 0 Å². The summed E-state index contributed by atoms with van der Waals surface area (Å²) in [5.74, 6) is 0.483. The molecule has 1 heterocycles. The number of hydrogen-bond acceptors (Lipinski definition) is 4. The van der Waals surface area contributed by atoms with Crippen molar-refractivity contribution in [1.82, 2.24) is 4.90 Å². The zero-order valence-corrected chi connectivity index (χ0v) is 15.7. The van der Waals surface area contributed by atoms with Crippen LogP contribution in [0.5, 0.6) is 0 Å². The van der Waals surface area contributed by atoms with E-state index in [0.717, 1.165) is 31.4 Å². The molecule has 5 nitrogen and oxygen atoms in total.